The van der Waals surface area contributed by atoms with E-state index < -0.39 is 0 Å². The summed E-state index contributed by atoms with van der Waals surface area (Å²) in [6.07, 6.45) is 1.73. The first kappa shape index (κ1) is 17.5. The van der Waals surface area contributed by atoms with Crippen LogP contribution in [-0.4, -0.2) is 42.3 Å². The fourth-order valence-corrected chi connectivity index (χ4v) is 3.08. The number of aryl methyl sites for hydroxylation is 2. The second kappa shape index (κ2) is 7.70. The van der Waals surface area contributed by atoms with E-state index in [0.717, 1.165) is 24.2 Å². The van der Waals surface area contributed by atoms with Crippen LogP contribution >= 0.6 is 0 Å². The molecule has 0 atom stereocenters. The standard InChI is InChI=1S/C19H24N2O4/c1-13-5-4-6-16(11-13)24-15-7-9-21(10-8-15)19(22)18-17(12-23-3)14(2)25-20-18/h4-6,11,15H,7-10,12H2,1-3H3. The number of amides is 1. The van der Waals surface area contributed by atoms with E-state index in [2.05, 4.69) is 5.16 Å². The fourth-order valence-electron chi connectivity index (χ4n) is 3.08. The number of hydrogen-bond donors (Lipinski definition) is 0. The van der Waals surface area contributed by atoms with Gasteiger partial charge in [0.15, 0.2) is 5.69 Å². The van der Waals surface area contributed by atoms with Crippen molar-refractivity contribution in [3.8, 4) is 5.75 Å². The number of methoxy groups -OCH3 is 1. The molecule has 1 amide bonds. The maximum absolute atomic E-state index is 12.7. The maximum Gasteiger partial charge on any atom is 0.276 e. The average Bonchev–Trinajstić information content (AvgIpc) is 2.96. The van der Waals surface area contributed by atoms with Crippen LogP contribution in [0.3, 0.4) is 0 Å². The lowest BCUT2D eigenvalue weighted by Crippen LogP contribution is -2.42. The van der Waals surface area contributed by atoms with Gasteiger partial charge in [0.05, 0.1) is 12.2 Å². The summed E-state index contributed by atoms with van der Waals surface area (Å²) in [6, 6.07) is 8.05. The van der Waals surface area contributed by atoms with Crippen LogP contribution in [0.15, 0.2) is 28.8 Å². The second-order valence-electron chi connectivity index (χ2n) is 6.42. The molecule has 1 aliphatic rings. The molecule has 1 aromatic carbocycles. The van der Waals surface area contributed by atoms with Crippen molar-refractivity contribution in [3.63, 3.8) is 0 Å². The van der Waals surface area contributed by atoms with Gasteiger partial charge in [-0.2, -0.15) is 0 Å². The highest BCUT2D eigenvalue weighted by Crippen LogP contribution is 2.22. The molecule has 2 aromatic rings. The summed E-state index contributed by atoms with van der Waals surface area (Å²) in [4.78, 5) is 14.5. The van der Waals surface area contributed by atoms with Crippen molar-refractivity contribution < 1.29 is 18.8 Å². The first-order chi connectivity index (χ1) is 12.1. The van der Waals surface area contributed by atoms with Crippen molar-refractivity contribution in [3.05, 3.63) is 46.8 Å². The number of carbonyl (C=O) groups excluding carboxylic acids is 1. The Labute approximate surface area is 147 Å². The molecule has 0 bridgehead atoms. The van der Waals surface area contributed by atoms with Crippen LogP contribution in [0.1, 0.15) is 40.2 Å². The summed E-state index contributed by atoms with van der Waals surface area (Å²) >= 11 is 0. The van der Waals surface area contributed by atoms with E-state index in [1.807, 2.05) is 36.1 Å². The Morgan fingerprint density at radius 1 is 1.32 bits per heavy atom. The smallest absolute Gasteiger partial charge is 0.276 e. The molecule has 0 N–H and O–H groups in total. The minimum absolute atomic E-state index is 0.0992. The van der Waals surface area contributed by atoms with Gasteiger partial charge in [-0.1, -0.05) is 17.3 Å². The highest BCUT2D eigenvalue weighted by atomic mass is 16.5. The van der Waals surface area contributed by atoms with Gasteiger partial charge in [-0.25, -0.2) is 0 Å². The minimum atomic E-state index is -0.0992. The fraction of sp³-hybridized carbons (Fsp3) is 0.474. The Kier molecular flexibility index (Phi) is 5.38. The predicted octanol–water partition coefficient (Wildman–Crippen LogP) is 3.12. The quantitative estimate of drug-likeness (QED) is 0.834. The van der Waals surface area contributed by atoms with Gasteiger partial charge in [-0.3, -0.25) is 4.79 Å². The first-order valence-corrected chi connectivity index (χ1v) is 8.55. The summed E-state index contributed by atoms with van der Waals surface area (Å²) in [7, 11) is 1.59. The third-order valence-electron chi connectivity index (χ3n) is 4.50. The Hall–Kier alpha value is -2.34. The lowest BCUT2D eigenvalue weighted by molar-refractivity contribution is 0.0583. The number of likely N-dealkylation sites (tertiary alicyclic amines) is 1. The minimum Gasteiger partial charge on any atom is -0.490 e. The van der Waals surface area contributed by atoms with Crippen molar-refractivity contribution >= 4 is 5.91 Å². The zero-order valence-corrected chi connectivity index (χ0v) is 14.9. The number of rotatable bonds is 5. The van der Waals surface area contributed by atoms with E-state index in [0.29, 0.717) is 31.2 Å². The van der Waals surface area contributed by atoms with Gasteiger partial charge in [-0.15, -0.1) is 0 Å². The molecule has 1 aromatic heterocycles. The van der Waals surface area contributed by atoms with E-state index in [-0.39, 0.29) is 12.0 Å². The second-order valence-corrected chi connectivity index (χ2v) is 6.42. The third kappa shape index (κ3) is 4.02. The average molecular weight is 344 g/mol. The van der Waals surface area contributed by atoms with Crippen molar-refractivity contribution in [1.29, 1.82) is 0 Å². The maximum atomic E-state index is 12.7. The van der Waals surface area contributed by atoms with E-state index in [1.165, 1.54) is 5.56 Å². The number of hydrogen-bond acceptors (Lipinski definition) is 5. The Morgan fingerprint density at radius 2 is 2.08 bits per heavy atom. The molecule has 0 saturated carbocycles. The van der Waals surface area contributed by atoms with Crippen molar-refractivity contribution in [2.75, 3.05) is 20.2 Å². The Morgan fingerprint density at radius 3 is 2.76 bits per heavy atom. The van der Waals surface area contributed by atoms with Crippen LogP contribution < -0.4 is 4.74 Å². The molecule has 25 heavy (non-hydrogen) atoms. The summed E-state index contributed by atoms with van der Waals surface area (Å²) in [5.41, 5.74) is 2.26. The van der Waals surface area contributed by atoms with Gasteiger partial charge in [-0.05, 0) is 31.5 Å². The number of piperidine rings is 1. The number of nitrogens with zero attached hydrogens (tertiary/aromatic N) is 2. The third-order valence-corrected chi connectivity index (χ3v) is 4.50. The Bertz CT molecular complexity index is 733. The molecule has 0 spiro atoms. The molecule has 2 heterocycles. The topological polar surface area (TPSA) is 64.8 Å². The lowest BCUT2D eigenvalue weighted by Gasteiger charge is -2.32. The van der Waals surface area contributed by atoms with Crippen molar-refractivity contribution in [1.82, 2.24) is 10.1 Å². The van der Waals surface area contributed by atoms with E-state index >= 15 is 0 Å². The highest BCUT2D eigenvalue weighted by molar-refractivity contribution is 5.93. The summed E-state index contributed by atoms with van der Waals surface area (Å²) in [5, 5.41) is 3.93. The van der Waals surface area contributed by atoms with Gasteiger partial charge < -0.3 is 18.9 Å². The zero-order chi connectivity index (χ0) is 17.8. The van der Waals surface area contributed by atoms with Crippen LogP contribution in [0.5, 0.6) is 5.75 Å². The molecule has 0 unspecified atom stereocenters. The molecule has 6 nitrogen and oxygen atoms in total. The molecule has 3 rings (SSSR count). The van der Waals surface area contributed by atoms with Crippen molar-refractivity contribution in [2.24, 2.45) is 0 Å². The highest BCUT2D eigenvalue weighted by Gasteiger charge is 2.29. The molecule has 1 fully saturated rings. The summed E-state index contributed by atoms with van der Waals surface area (Å²) < 4.78 is 16.4. The van der Waals surface area contributed by atoms with Gasteiger partial charge >= 0.3 is 0 Å². The SMILES string of the molecule is COCc1c(C(=O)N2CCC(Oc3cccc(C)c3)CC2)noc1C. The number of ether oxygens (including phenoxy) is 2. The van der Waals surface area contributed by atoms with Gasteiger partial charge in [0.2, 0.25) is 0 Å². The zero-order valence-electron chi connectivity index (χ0n) is 14.9. The molecule has 1 saturated heterocycles. The number of benzene rings is 1. The van der Waals surface area contributed by atoms with Crippen LogP contribution in [0.25, 0.3) is 0 Å². The molecular weight excluding hydrogens is 320 g/mol. The lowest BCUT2D eigenvalue weighted by atomic mass is 10.1. The van der Waals surface area contributed by atoms with E-state index in [1.54, 1.807) is 14.0 Å². The van der Waals surface area contributed by atoms with Crippen molar-refractivity contribution in [2.45, 2.75) is 39.4 Å². The number of aromatic nitrogens is 1. The van der Waals surface area contributed by atoms with Gasteiger partial charge in [0, 0.05) is 33.0 Å². The van der Waals surface area contributed by atoms with Crippen LogP contribution in [0.2, 0.25) is 0 Å². The summed E-state index contributed by atoms with van der Waals surface area (Å²) in [5.74, 6) is 1.42. The van der Waals surface area contributed by atoms with Gasteiger partial charge in [0.1, 0.15) is 17.6 Å². The molecule has 0 radical (unpaired) electrons. The largest absolute Gasteiger partial charge is 0.490 e. The normalized spacial score (nSPS) is 15.4. The summed E-state index contributed by atoms with van der Waals surface area (Å²) in [6.45, 7) is 5.45. The predicted molar refractivity (Wildman–Crippen MR) is 92.7 cm³/mol. The molecule has 134 valence electrons. The molecule has 0 aliphatic carbocycles. The monoisotopic (exact) mass is 344 g/mol. The molecule has 1 aliphatic heterocycles. The molecule has 6 heteroatoms. The number of carbonyl (C=O) groups is 1. The van der Waals surface area contributed by atoms with Gasteiger partial charge in [0.25, 0.3) is 5.91 Å². The van der Waals surface area contributed by atoms with E-state index in [4.69, 9.17) is 14.0 Å². The molecular formula is C19H24N2O4. The Balaban J connectivity index is 1.59. The first-order valence-electron chi connectivity index (χ1n) is 8.55. The van der Waals surface area contributed by atoms with Crippen LogP contribution in [-0.2, 0) is 11.3 Å². The van der Waals surface area contributed by atoms with E-state index in [9.17, 15) is 4.79 Å². The van der Waals surface area contributed by atoms with Crippen LogP contribution in [0.4, 0.5) is 0 Å². The van der Waals surface area contributed by atoms with Crippen LogP contribution in [0, 0.1) is 13.8 Å².